The Morgan fingerprint density at radius 1 is 0.946 bits per heavy atom. The third-order valence-electron chi connectivity index (χ3n) is 6.62. The molecule has 1 aliphatic rings. The van der Waals surface area contributed by atoms with Crippen LogP contribution in [0.2, 0.25) is 0 Å². The molecule has 7 nitrogen and oxygen atoms in total. The minimum Gasteiger partial charge on any atom is -0.385 e. The first kappa shape index (κ1) is 26.2. The molecule has 3 N–H and O–H groups in total. The Balaban J connectivity index is 1.51. The maximum Gasteiger partial charge on any atom is 0.323 e. The average molecular weight is 501 g/mol. The molecule has 194 valence electrons. The van der Waals surface area contributed by atoms with Gasteiger partial charge in [-0.3, -0.25) is 4.79 Å². The summed E-state index contributed by atoms with van der Waals surface area (Å²) in [6, 6.07) is 21.4. The van der Waals surface area contributed by atoms with Gasteiger partial charge in [0.25, 0.3) is 5.91 Å². The second kappa shape index (κ2) is 12.4. The zero-order valence-corrected chi connectivity index (χ0v) is 21.8. The van der Waals surface area contributed by atoms with E-state index >= 15 is 0 Å². The third kappa shape index (κ3) is 6.89. The Kier molecular flexibility index (Phi) is 8.80. The second-order valence-corrected chi connectivity index (χ2v) is 9.63. The van der Waals surface area contributed by atoms with E-state index in [-0.39, 0.29) is 11.9 Å². The van der Waals surface area contributed by atoms with Crippen molar-refractivity contribution in [3.63, 3.8) is 0 Å². The molecule has 0 bridgehead atoms. The molecule has 0 aliphatic carbocycles. The van der Waals surface area contributed by atoms with E-state index in [1.807, 2.05) is 42.5 Å². The largest absolute Gasteiger partial charge is 0.385 e. The van der Waals surface area contributed by atoms with Crippen LogP contribution < -0.4 is 20.9 Å². The van der Waals surface area contributed by atoms with Crippen molar-refractivity contribution in [2.24, 2.45) is 0 Å². The Labute approximate surface area is 219 Å². The summed E-state index contributed by atoms with van der Waals surface area (Å²) in [4.78, 5) is 28.2. The summed E-state index contributed by atoms with van der Waals surface area (Å²) >= 11 is 0. The van der Waals surface area contributed by atoms with Crippen LogP contribution in [0.5, 0.6) is 0 Å². The van der Waals surface area contributed by atoms with Gasteiger partial charge >= 0.3 is 6.03 Å². The molecule has 7 heteroatoms. The van der Waals surface area contributed by atoms with Crippen molar-refractivity contribution in [3.8, 4) is 0 Å². The quantitative estimate of drug-likeness (QED) is 0.325. The standard InChI is InChI=1S/C30H36N4O3/c1-21(2)22-9-11-25(12-10-22)32-30(36)33-26-13-14-28(27(19-26)29(35)31-16-6-18-37-3)34-17-15-23-7-4-5-8-24(23)20-34/h4-5,7-14,19,21H,6,15-18,20H2,1-3H3,(H,31,35)(H2,32,33,36). The number of amides is 3. The van der Waals surface area contributed by atoms with Gasteiger partial charge in [-0.2, -0.15) is 0 Å². The van der Waals surface area contributed by atoms with Gasteiger partial charge in [-0.25, -0.2) is 4.79 Å². The molecule has 3 aromatic carbocycles. The van der Waals surface area contributed by atoms with Gasteiger partial charge in [-0.1, -0.05) is 50.2 Å². The maximum atomic E-state index is 13.2. The summed E-state index contributed by atoms with van der Waals surface area (Å²) in [6.45, 7) is 6.91. The summed E-state index contributed by atoms with van der Waals surface area (Å²) in [7, 11) is 1.65. The summed E-state index contributed by atoms with van der Waals surface area (Å²) in [6.07, 6.45) is 1.65. The zero-order valence-electron chi connectivity index (χ0n) is 21.8. The number of methoxy groups -OCH3 is 1. The van der Waals surface area contributed by atoms with Crippen LogP contribution in [0, 0.1) is 0 Å². The van der Waals surface area contributed by atoms with Crippen LogP contribution in [0.15, 0.2) is 66.7 Å². The number of benzene rings is 3. The summed E-state index contributed by atoms with van der Waals surface area (Å²) in [5.41, 5.74) is 6.49. The molecular weight excluding hydrogens is 464 g/mol. The second-order valence-electron chi connectivity index (χ2n) is 9.63. The predicted octanol–water partition coefficient (Wildman–Crippen LogP) is 5.78. The van der Waals surface area contributed by atoms with Crippen LogP contribution in [-0.2, 0) is 17.7 Å². The van der Waals surface area contributed by atoms with E-state index in [1.54, 1.807) is 13.2 Å². The van der Waals surface area contributed by atoms with Crippen LogP contribution in [0.4, 0.5) is 21.9 Å². The lowest BCUT2D eigenvalue weighted by molar-refractivity contribution is 0.0949. The monoisotopic (exact) mass is 500 g/mol. The van der Waals surface area contributed by atoms with Crippen molar-refractivity contribution in [1.29, 1.82) is 0 Å². The lowest BCUT2D eigenvalue weighted by Crippen LogP contribution is -2.33. The molecule has 0 radical (unpaired) electrons. The molecule has 37 heavy (non-hydrogen) atoms. The fraction of sp³-hybridized carbons (Fsp3) is 0.333. The van der Waals surface area contributed by atoms with Gasteiger partial charge in [0.15, 0.2) is 0 Å². The Hall–Kier alpha value is -3.84. The highest BCUT2D eigenvalue weighted by atomic mass is 16.5. The minimum absolute atomic E-state index is 0.168. The highest BCUT2D eigenvalue weighted by Crippen LogP contribution is 2.30. The molecule has 0 saturated carbocycles. The smallest absolute Gasteiger partial charge is 0.323 e. The van der Waals surface area contributed by atoms with Crippen LogP contribution in [0.3, 0.4) is 0 Å². The lowest BCUT2D eigenvalue weighted by Gasteiger charge is -2.32. The Bertz CT molecular complexity index is 1220. The number of hydrogen-bond acceptors (Lipinski definition) is 4. The van der Waals surface area contributed by atoms with Crippen molar-refractivity contribution in [3.05, 3.63) is 89.0 Å². The molecule has 0 saturated heterocycles. The molecule has 0 spiro atoms. The van der Waals surface area contributed by atoms with Crippen molar-refractivity contribution in [2.45, 2.75) is 39.2 Å². The number of ether oxygens (including phenoxy) is 1. The first-order valence-electron chi connectivity index (χ1n) is 12.9. The molecule has 4 rings (SSSR count). The number of urea groups is 1. The first-order valence-corrected chi connectivity index (χ1v) is 12.9. The molecular formula is C30H36N4O3. The third-order valence-corrected chi connectivity index (χ3v) is 6.62. The van der Waals surface area contributed by atoms with E-state index in [4.69, 9.17) is 4.74 Å². The first-order chi connectivity index (χ1) is 17.9. The van der Waals surface area contributed by atoms with E-state index < -0.39 is 0 Å². The highest BCUT2D eigenvalue weighted by molar-refractivity contribution is 6.04. The van der Waals surface area contributed by atoms with Gasteiger partial charge in [-0.05, 0) is 65.8 Å². The van der Waals surface area contributed by atoms with Crippen molar-refractivity contribution >= 4 is 29.0 Å². The van der Waals surface area contributed by atoms with Gasteiger partial charge in [0.05, 0.1) is 5.56 Å². The molecule has 0 fully saturated rings. The zero-order chi connectivity index (χ0) is 26.2. The average Bonchev–Trinajstić information content (AvgIpc) is 2.91. The number of fused-ring (bicyclic) bond motifs is 1. The summed E-state index contributed by atoms with van der Waals surface area (Å²) < 4.78 is 5.10. The highest BCUT2D eigenvalue weighted by Gasteiger charge is 2.22. The van der Waals surface area contributed by atoms with Gasteiger partial charge in [0, 0.05) is 50.4 Å². The number of nitrogens with one attached hydrogen (secondary N) is 3. The molecule has 0 aromatic heterocycles. The van der Waals surface area contributed by atoms with Crippen LogP contribution >= 0.6 is 0 Å². The van der Waals surface area contributed by atoms with Crippen molar-refractivity contribution in [2.75, 3.05) is 42.3 Å². The van der Waals surface area contributed by atoms with Gasteiger partial charge in [0.2, 0.25) is 0 Å². The molecule has 0 atom stereocenters. The summed E-state index contributed by atoms with van der Waals surface area (Å²) in [5, 5.41) is 8.74. The number of rotatable bonds is 9. The fourth-order valence-corrected chi connectivity index (χ4v) is 4.53. The molecule has 3 aromatic rings. The van der Waals surface area contributed by atoms with E-state index in [9.17, 15) is 9.59 Å². The number of carbonyl (C=O) groups is 2. The fourth-order valence-electron chi connectivity index (χ4n) is 4.53. The molecule has 1 heterocycles. The number of carbonyl (C=O) groups excluding carboxylic acids is 2. The number of hydrogen-bond donors (Lipinski definition) is 3. The Morgan fingerprint density at radius 2 is 1.65 bits per heavy atom. The minimum atomic E-state index is -0.358. The lowest BCUT2D eigenvalue weighted by atomic mass is 9.98. The topological polar surface area (TPSA) is 82.7 Å². The predicted molar refractivity (Wildman–Crippen MR) is 150 cm³/mol. The van der Waals surface area contributed by atoms with Crippen LogP contribution in [0.25, 0.3) is 0 Å². The molecule has 0 unspecified atom stereocenters. The summed E-state index contributed by atoms with van der Waals surface area (Å²) in [5.74, 6) is 0.257. The van der Waals surface area contributed by atoms with Gasteiger partial charge < -0.3 is 25.6 Å². The van der Waals surface area contributed by atoms with Gasteiger partial charge in [-0.15, -0.1) is 0 Å². The van der Waals surface area contributed by atoms with Crippen LogP contribution in [0.1, 0.15) is 53.2 Å². The van der Waals surface area contributed by atoms with E-state index in [0.29, 0.717) is 36.0 Å². The molecule has 3 amide bonds. The number of nitrogens with zero attached hydrogens (tertiary/aromatic N) is 1. The normalized spacial score (nSPS) is 12.7. The maximum absolute atomic E-state index is 13.2. The van der Waals surface area contributed by atoms with Gasteiger partial charge in [0.1, 0.15) is 0 Å². The van der Waals surface area contributed by atoms with E-state index in [1.165, 1.54) is 16.7 Å². The van der Waals surface area contributed by atoms with Crippen LogP contribution in [-0.4, -0.2) is 38.7 Å². The number of anilines is 3. The van der Waals surface area contributed by atoms with E-state index in [2.05, 4.69) is 52.9 Å². The molecule has 1 aliphatic heterocycles. The Morgan fingerprint density at radius 3 is 2.38 bits per heavy atom. The van der Waals surface area contributed by atoms with E-state index in [0.717, 1.165) is 31.6 Å². The van der Waals surface area contributed by atoms with Crippen molar-refractivity contribution < 1.29 is 14.3 Å². The SMILES string of the molecule is COCCCNC(=O)c1cc(NC(=O)Nc2ccc(C(C)C)cc2)ccc1N1CCc2ccccc2C1. The van der Waals surface area contributed by atoms with Crippen molar-refractivity contribution in [1.82, 2.24) is 5.32 Å².